The van der Waals surface area contributed by atoms with Crippen molar-refractivity contribution in [2.75, 3.05) is 40.5 Å². The second kappa shape index (κ2) is 9.28. The Morgan fingerprint density at radius 2 is 1.97 bits per heavy atom. The molecule has 0 N–H and O–H groups in total. The van der Waals surface area contributed by atoms with Gasteiger partial charge < -0.3 is 28.3 Å². The molecule has 0 bridgehead atoms. The number of nitrogens with zero attached hydrogens (tertiary/aromatic N) is 2. The second-order valence-corrected chi connectivity index (χ2v) is 8.01. The molecule has 31 heavy (non-hydrogen) atoms. The zero-order valence-corrected chi connectivity index (χ0v) is 18.4. The largest absolute Gasteiger partial charge is 0.493 e. The molecule has 8 nitrogen and oxygen atoms in total. The van der Waals surface area contributed by atoms with E-state index in [0.717, 1.165) is 25.7 Å². The highest BCUT2D eigenvalue weighted by Gasteiger charge is 2.43. The second-order valence-electron chi connectivity index (χ2n) is 8.01. The molecule has 1 spiro atoms. The molecule has 1 aromatic carbocycles. The fourth-order valence-corrected chi connectivity index (χ4v) is 4.48. The van der Waals surface area contributed by atoms with Crippen LogP contribution in [-0.4, -0.2) is 68.0 Å². The molecule has 3 heterocycles. The van der Waals surface area contributed by atoms with Gasteiger partial charge in [0.15, 0.2) is 29.3 Å². The fourth-order valence-electron chi connectivity index (χ4n) is 4.48. The molecular weight excluding hydrogens is 400 g/mol. The quantitative estimate of drug-likeness (QED) is 0.664. The number of methoxy groups -OCH3 is 2. The van der Waals surface area contributed by atoms with Crippen LogP contribution in [0.15, 0.2) is 29.0 Å². The van der Waals surface area contributed by atoms with Gasteiger partial charge in [-0.1, -0.05) is 0 Å². The Morgan fingerprint density at radius 3 is 2.68 bits per heavy atom. The summed E-state index contributed by atoms with van der Waals surface area (Å²) in [7, 11) is 3.15. The van der Waals surface area contributed by atoms with Gasteiger partial charge in [-0.05, 0) is 50.8 Å². The van der Waals surface area contributed by atoms with Gasteiger partial charge in [-0.2, -0.15) is 0 Å². The summed E-state index contributed by atoms with van der Waals surface area (Å²) in [6.45, 7) is 4.62. The van der Waals surface area contributed by atoms with Crippen LogP contribution in [0.3, 0.4) is 0 Å². The highest BCUT2D eigenvalue weighted by atomic mass is 16.6. The number of ether oxygens (including phenoxy) is 4. The number of benzene rings is 1. The zero-order valence-electron chi connectivity index (χ0n) is 18.4. The van der Waals surface area contributed by atoms with Gasteiger partial charge in [0.1, 0.15) is 0 Å². The number of rotatable bonds is 7. The number of amides is 1. The number of hydrogen-bond donors (Lipinski definition) is 0. The van der Waals surface area contributed by atoms with E-state index in [9.17, 15) is 4.79 Å². The van der Waals surface area contributed by atoms with Crippen molar-refractivity contribution in [3.05, 3.63) is 30.3 Å². The third kappa shape index (κ3) is 4.41. The average Bonchev–Trinajstić information content (AvgIpc) is 3.45. The minimum absolute atomic E-state index is 0.128. The molecule has 2 saturated heterocycles. The van der Waals surface area contributed by atoms with Crippen molar-refractivity contribution in [3.63, 3.8) is 0 Å². The number of piperidine rings is 1. The first-order valence-corrected chi connectivity index (χ1v) is 10.8. The summed E-state index contributed by atoms with van der Waals surface area (Å²) in [5, 5.41) is 0. The lowest BCUT2D eigenvalue weighted by molar-refractivity contribution is -0.0933. The minimum atomic E-state index is -0.130. The third-order valence-corrected chi connectivity index (χ3v) is 6.22. The predicted octanol–water partition coefficient (Wildman–Crippen LogP) is 3.55. The molecule has 168 valence electrons. The van der Waals surface area contributed by atoms with Crippen LogP contribution < -0.4 is 9.47 Å². The Bertz CT molecular complexity index is 903. The first-order valence-electron chi connectivity index (χ1n) is 10.8. The van der Waals surface area contributed by atoms with Crippen LogP contribution in [0.2, 0.25) is 0 Å². The van der Waals surface area contributed by atoms with Crippen LogP contribution in [-0.2, 0) is 9.47 Å². The maximum atomic E-state index is 13.2. The van der Waals surface area contributed by atoms with Crippen LogP contribution in [0.5, 0.6) is 11.5 Å². The molecule has 1 unspecified atom stereocenters. The molecule has 1 amide bonds. The van der Waals surface area contributed by atoms with E-state index in [1.165, 1.54) is 6.39 Å². The van der Waals surface area contributed by atoms with E-state index < -0.39 is 0 Å². The first-order chi connectivity index (χ1) is 15.1. The third-order valence-electron chi connectivity index (χ3n) is 6.22. The van der Waals surface area contributed by atoms with Gasteiger partial charge in [-0.3, -0.25) is 4.79 Å². The highest BCUT2D eigenvalue weighted by Crippen LogP contribution is 2.40. The van der Waals surface area contributed by atoms with Crippen molar-refractivity contribution >= 4 is 5.91 Å². The van der Waals surface area contributed by atoms with Crippen LogP contribution in [0, 0.1) is 0 Å². The monoisotopic (exact) mass is 430 g/mol. The standard InChI is InChI=1S/C23H30N2O6/c1-4-29-14-17-7-8-23(31-17)9-11-25(12-10-23)22(26)20-21(30-15-24-20)16-5-6-18(27-2)19(13-16)28-3/h5-6,13,15,17H,4,7-12,14H2,1-3H3. The Balaban J connectivity index is 1.44. The van der Waals surface area contributed by atoms with Crippen molar-refractivity contribution in [1.29, 1.82) is 0 Å². The molecule has 1 atom stereocenters. The van der Waals surface area contributed by atoms with Crippen molar-refractivity contribution in [2.45, 2.75) is 44.3 Å². The molecule has 0 aliphatic carbocycles. The zero-order chi connectivity index (χ0) is 21.8. The Morgan fingerprint density at radius 1 is 1.19 bits per heavy atom. The van der Waals surface area contributed by atoms with Gasteiger partial charge in [-0.25, -0.2) is 4.98 Å². The molecule has 2 fully saturated rings. The van der Waals surface area contributed by atoms with Crippen LogP contribution in [0.4, 0.5) is 0 Å². The number of likely N-dealkylation sites (tertiary alicyclic amines) is 1. The van der Waals surface area contributed by atoms with E-state index >= 15 is 0 Å². The number of oxazole rings is 1. The number of carbonyl (C=O) groups excluding carboxylic acids is 1. The van der Waals surface area contributed by atoms with Gasteiger partial charge in [0.25, 0.3) is 5.91 Å². The van der Waals surface area contributed by atoms with Crippen molar-refractivity contribution < 1.29 is 28.2 Å². The smallest absolute Gasteiger partial charge is 0.276 e. The van der Waals surface area contributed by atoms with E-state index in [2.05, 4.69) is 4.98 Å². The summed E-state index contributed by atoms with van der Waals surface area (Å²) in [4.78, 5) is 19.3. The Kier molecular flexibility index (Phi) is 6.48. The fraction of sp³-hybridized carbons (Fsp3) is 0.565. The lowest BCUT2D eigenvalue weighted by atomic mass is 9.88. The van der Waals surface area contributed by atoms with E-state index in [4.69, 9.17) is 23.4 Å². The molecule has 0 saturated carbocycles. The van der Waals surface area contributed by atoms with Gasteiger partial charge >= 0.3 is 0 Å². The number of hydrogen-bond acceptors (Lipinski definition) is 7. The van der Waals surface area contributed by atoms with Crippen molar-refractivity contribution in [1.82, 2.24) is 9.88 Å². The molecule has 8 heteroatoms. The summed E-state index contributed by atoms with van der Waals surface area (Å²) in [5.74, 6) is 1.48. The maximum absolute atomic E-state index is 13.2. The van der Waals surface area contributed by atoms with Crippen LogP contribution >= 0.6 is 0 Å². The average molecular weight is 431 g/mol. The lowest BCUT2D eigenvalue weighted by Crippen LogP contribution is -2.47. The minimum Gasteiger partial charge on any atom is -0.493 e. The molecule has 0 radical (unpaired) electrons. The van der Waals surface area contributed by atoms with Gasteiger partial charge in [-0.15, -0.1) is 0 Å². The van der Waals surface area contributed by atoms with Crippen molar-refractivity contribution in [2.24, 2.45) is 0 Å². The Hall–Kier alpha value is -2.58. The molecule has 1 aromatic heterocycles. The van der Waals surface area contributed by atoms with E-state index in [-0.39, 0.29) is 17.6 Å². The van der Waals surface area contributed by atoms with Crippen LogP contribution in [0.1, 0.15) is 43.1 Å². The molecule has 2 aliphatic rings. The SMILES string of the molecule is CCOCC1CCC2(CCN(C(=O)c3ncoc3-c3ccc(OC)c(OC)c3)CC2)O1. The summed E-state index contributed by atoms with van der Waals surface area (Å²) < 4.78 is 28.1. The summed E-state index contributed by atoms with van der Waals surface area (Å²) in [6.07, 6.45) is 5.15. The van der Waals surface area contributed by atoms with Crippen LogP contribution in [0.25, 0.3) is 11.3 Å². The van der Waals surface area contributed by atoms with Crippen molar-refractivity contribution in [3.8, 4) is 22.8 Å². The van der Waals surface area contributed by atoms with Gasteiger partial charge in [0, 0.05) is 25.3 Å². The predicted molar refractivity (Wildman–Crippen MR) is 114 cm³/mol. The normalized spacial score (nSPS) is 20.2. The highest BCUT2D eigenvalue weighted by molar-refractivity contribution is 5.97. The van der Waals surface area contributed by atoms with E-state index in [1.807, 2.05) is 17.9 Å². The van der Waals surface area contributed by atoms with E-state index in [1.54, 1.807) is 26.4 Å². The first kappa shape index (κ1) is 21.6. The Labute approximate surface area is 182 Å². The molecule has 4 rings (SSSR count). The van der Waals surface area contributed by atoms with E-state index in [0.29, 0.717) is 54.8 Å². The lowest BCUT2D eigenvalue weighted by Gasteiger charge is -2.39. The van der Waals surface area contributed by atoms with Gasteiger partial charge in [0.2, 0.25) is 0 Å². The molecule has 2 aliphatic heterocycles. The number of carbonyl (C=O) groups is 1. The molecular formula is C23H30N2O6. The molecule has 2 aromatic rings. The summed E-state index contributed by atoms with van der Waals surface area (Å²) in [5.41, 5.74) is 0.892. The maximum Gasteiger partial charge on any atom is 0.276 e. The topological polar surface area (TPSA) is 83.3 Å². The summed E-state index contributed by atoms with van der Waals surface area (Å²) in [6, 6.07) is 5.40. The van der Waals surface area contributed by atoms with Gasteiger partial charge in [0.05, 0.1) is 32.5 Å². The summed E-state index contributed by atoms with van der Waals surface area (Å²) >= 11 is 0. The number of aromatic nitrogens is 1.